The molecule has 0 bridgehead atoms. The molecule has 178 valence electrons. The lowest BCUT2D eigenvalue weighted by Crippen LogP contribution is -2.39. The van der Waals surface area contributed by atoms with Crippen LogP contribution in [-0.2, 0) is 24.4 Å². The van der Waals surface area contributed by atoms with Gasteiger partial charge < -0.3 is 24.4 Å². The smallest absolute Gasteiger partial charge is 0.328 e. The molecule has 5 unspecified atom stereocenters. The molecule has 2 N–H and O–H groups in total. The van der Waals surface area contributed by atoms with Crippen molar-refractivity contribution in [3.8, 4) is 0 Å². The molecule has 6 heteroatoms. The summed E-state index contributed by atoms with van der Waals surface area (Å²) in [6, 6.07) is 9.99. The minimum atomic E-state index is -0.923. The summed E-state index contributed by atoms with van der Waals surface area (Å²) in [5.41, 5.74) is 0.853. The van der Waals surface area contributed by atoms with Crippen LogP contribution in [0.3, 0.4) is 0 Å². The number of allylic oxidation sites excluding steroid dienone is 1. The molecule has 6 nitrogen and oxygen atoms in total. The molecule has 3 fully saturated rings. The van der Waals surface area contributed by atoms with Gasteiger partial charge in [-0.1, -0.05) is 43.3 Å². The van der Waals surface area contributed by atoms with Crippen molar-refractivity contribution < 1.29 is 29.2 Å². The maximum absolute atomic E-state index is 10.9. The first-order valence-corrected chi connectivity index (χ1v) is 12.0. The fraction of sp³-hybridized carbons (Fsp3) is 0.654. The van der Waals surface area contributed by atoms with E-state index in [4.69, 9.17) is 19.3 Å². The highest BCUT2D eigenvalue weighted by Crippen LogP contribution is 2.44. The minimum Gasteiger partial charge on any atom is -0.478 e. The number of ether oxygens (including phenoxy) is 3. The number of rotatable bonds is 5. The van der Waals surface area contributed by atoms with E-state index in [-0.39, 0.29) is 30.0 Å². The summed E-state index contributed by atoms with van der Waals surface area (Å²) >= 11 is 0. The van der Waals surface area contributed by atoms with Crippen LogP contribution in [0.5, 0.6) is 0 Å². The highest BCUT2D eigenvalue weighted by molar-refractivity contribution is 5.80. The Balaban J connectivity index is 0.000000193. The number of carboxylic acid groups (broad SMARTS) is 1. The Morgan fingerprint density at radius 2 is 1.66 bits per heavy atom. The highest BCUT2D eigenvalue weighted by atomic mass is 16.8. The second kappa shape index (κ2) is 12.5. The van der Waals surface area contributed by atoms with Crippen molar-refractivity contribution >= 4 is 5.97 Å². The largest absolute Gasteiger partial charge is 0.478 e. The lowest BCUT2D eigenvalue weighted by atomic mass is 9.62. The van der Waals surface area contributed by atoms with Crippen LogP contribution in [0.2, 0.25) is 0 Å². The van der Waals surface area contributed by atoms with E-state index in [1.165, 1.54) is 31.8 Å². The van der Waals surface area contributed by atoms with E-state index in [1.54, 1.807) is 6.08 Å². The fourth-order valence-corrected chi connectivity index (χ4v) is 4.94. The van der Waals surface area contributed by atoms with Gasteiger partial charge in [0.2, 0.25) is 0 Å². The molecule has 1 aliphatic carbocycles. The molecule has 1 aromatic rings. The maximum atomic E-state index is 10.9. The Bertz CT molecular complexity index is 692. The zero-order chi connectivity index (χ0) is 22.8. The van der Waals surface area contributed by atoms with Crippen LogP contribution in [0.15, 0.2) is 42.5 Å². The number of carboxylic acids is 1. The molecular formula is C26H38O6. The van der Waals surface area contributed by atoms with Gasteiger partial charge >= 0.3 is 5.97 Å². The summed E-state index contributed by atoms with van der Waals surface area (Å²) in [5.74, 6) is -0.706. The molecule has 2 saturated heterocycles. The molecule has 0 spiro atoms. The van der Waals surface area contributed by atoms with Crippen molar-refractivity contribution in [3.05, 3.63) is 48.0 Å². The normalized spacial score (nSPS) is 33.3. The Morgan fingerprint density at radius 3 is 2.16 bits per heavy atom. The summed E-state index contributed by atoms with van der Waals surface area (Å²) in [6.07, 6.45) is 11.8. The van der Waals surface area contributed by atoms with Gasteiger partial charge in [-0.25, -0.2) is 4.79 Å². The van der Waals surface area contributed by atoms with E-state index in [9.17, 15) is 9.90 Å². The third-order valence-corrected chi connectivity index (χ3v) is 6.81. The standard InChI is InChI=1S/C16H20O3.C10H18O3/c1-12-11-14(17)7-9-16(12,10-8-15(18)19)13-5-3-2-4-6-13;1-3-7-11-9(5-1)13-10-6-2-4-8-12-10/h2-6,8,10,12,14,17H,7,9,11H2,1H3,(H,18,19);9-10H,1-8H2. The summed E-state index contributed by atoms with van der Waals surface area (Å²) in [4.78, 5) is 10.9. The first kappa shape index (κ1) is 24.9. The molecule has 4 rings (SSSR count). The van der Waals surface area contributed by atoms with Crippen LogP contribution in [0.1, 0.15) is 70.3 Å². The summed E-state index contributed by atoms with van der Waals surface area (Å²) in [5, 5.41) is 18.7. The number of aliphatic hydroxyl groups excluding tert-OH is 1. The predicted octanol–water partition coefficient (Wildman–Crippen LogP) is 4.80. The van der Waals surface area contributed by atoms with Gasteiger partial charge in [-0.2, -0.15) is 0 Å². The number of hydrogen-bond acceptors (Lipinski definition) is 5. The Kier molecular flexibility index (Phi) is 9.72. The van der Waals surface area contributed by atoms with Crippen molar-refractivity contribution in [2.24, 2.45) is 5.92 Å². The molecular weight excluding hydrogens is 408 g/mol. The number of benzene rings is 1. The molecule has 5 atom stereocenters. The summed E-state index contributed by atoms with van der Waals surface area (Å²) in [7, 11) is 0. The van der Waals surface area contributed by atoms with Crippen molar-refractivity contribution in [3.63, 3.8) is 0 Å². The summed E-state index contributed by atoms with van der Waals surface area (Å²) in [6.45, 7) is 3.77. The molecule has 1 saturated carbocycles. The second-order valence-corrected chi connectivity index (χ2v) is 9.14. The quantitative estimate of drug-likeness (QED) is 0.632. The van der Waals surface area contributed by atoms with Gasteiger partial charge in [0, 0.05) is 24.7 Å². The molecule has 32 heavy (non-hydrogen) atoms. The first-order valence-electron chi connectivity index (χ1n) is 12.0. The SMILES string of the molecule is C1CCC(OC2CCCCO2)OC1.CC1CC(O)CCC1(C=CC(=O)O)c1ccccc1. The first-order chi connectivity index (χ1) is 15.5. The lowest BCUT2D eigenvalue weighted by Gasteiger charge is -2.43. The Morgan fingerprint density at radius 1 is 1.03 bits per heavy atom. The zero-order valence-electron chi connectivity index (χ0n) is 19.2. The Labute approximate surface area is 191 Å². The van der Waals surface area contributed by atoms with E-state index in [0.717, 1.165) is 38.0 Å². The molecule has 3 aliphatic rings. The zero-order valence-corrected chi connectivity index (χ0v) is 19.2. The van der Waals surface area contributed by atoms with E-state index >= 15 is 0 Å². The van der Waals surface area contributed by atoms with Gasteiger partial charge in [0.1, 0.15) is 0 Å². The van der Waals surface area contributed by atoms with Gasteiger partial charge in [0.05, 0.1) is 6.10 Å². The van der Waals surface area contributed by atoms with Crippen LogP contribution < -0.4 is 0 Å². The molecule has 1 aromatic carbocycles. The molecule has 0 radical (unpaired) electrons. The van der Waals surface area contributed by atoms with Crippen LogP contribution >= 0.6 is 0 Å². The van der Waals surface area contributed by atoms with E-state index in [2.05, 4.69) is 6.92 Å². The Hall–Kier alpha value is -1.73. The minimum absolute atomic E-state index is 0.00292. The van der Waals surface area contributed by atoms with E-state index < -0.39 is 5.97 Å². The van der Waals surface area contributed by atoms with Gasteiger partial charge in [0.25, 0.3) is 0 Å². The van der Waals surface area contributed by atoms with Gasteiger partial charge in [-0.3, -0.25) is 0 Å². The van der Waals surface area contributed by atoms with E-state index in [0.29, 0.717) is 12.8 Å². The number of carbonyl (C=O) groups is 1. The highest BCUT2D eigenvalue weighted by Gasteiger charge is 2.40. The second-order valence-electron chi connectivity index (χ2n) is 9.14. The van der Waals surface area contributed by atoms with Gasteiger partial charge in [-0.05, 0) is 69.3 Å². The van der Waals surface area contributed by atoms with Crippen molar-refractivity contribution in [1.82, 2.24) is 0 Å². The predicted molar refractivity (Wildman–Crippen MR) is 122 cm³/mol. The van der Waals surface area contributed by atoms with Crippen molar-refractivity contribution in [2.75, 3.05) is 13.2 Å². The van der Waals surface area contributed by atoms with Gasteiger partial charge in [-0.15, -0.1) is 0 Å². The number of aliphatic carboxylic acids is 1. The lowest BCUT2D eigenvalue weighted by molar-refractivity contribution is -0.264. The topological polar surface area (TPSA) is 85.2 Å². The van der Waals surface area contributed by atoms with Crippen molar-refractivity contribution in [2.45, 2.75) is 88.8 Å². The number of aliphatic hydroxyl groups is 1. The molecule has 0 amide bonds. The number of hydrogen-bond donors (Lipinski definition) is 2. The van der Waals surface area contributed by atoms with Crippen LogP contribution in [-0.4, -0.2) is 48.1 Å². The van der Waals surface area contributed by atoms with Crippen LogP contribution in [0, 0.1) is 5.92 Å². The summed E-state index contributed by atoms with van der Waals surface area (Å²) < 4.78 is 16.6. The fourth-order valence-electron chi connectivity index (χ4n) is 4.94. The molecule has 2 aliphatic heterocycles. The maximum Gasteiger partial charge on any atom is 0.328 e. The van der Waals surface area contributed by atoms with Crippen LogP contribution in [0.4, 0.5) is 0 Å². The van der Waals surface area contributed by atoms with E-state index in [1.807, 2.05) is 30.3 Å². The van der Waals surface area contributed by atoms with Crippen molar-refractivity contribution in [1.29, 1.82) is 0 Å². The molecule has 0 aromatic heterocycles. The third kappa shape index (κ3) is 7.14. The monoisotopic (exact) mass is 446 g/mol. The van der Waals surface area contributed by atoms with Gasteiger partial charge in [0.15, 0.2) is 12.6 Å². The average Bonchev–Trinajstić information content (AvgIpc) is 2.81. The van der Waals surface area contributed by atoms with Crippen LogP contribution in [0.25, 0.3) is 0 Å². The third-order valence-electron chi connectivity index (χ3n) is 6.81. The molecule has 2 heterocycles. The average molecular weight is 447 g/mol.